The van der Waals surface area contributed by atoms with Gasteiger partial charge in [-0.05, 0) is 62.9 Å². The van der Waals surface area contributed by atoms with E-state index in [1.165, 1.54) is 5.56 Å². The van der Waals surface area contributed by atoms with Crippen molar-refractivity contribution in [3.8, 4) is 11.4 Å². The number of aryl methyl sites for hydroxylation is 2. The number of rotatable bonds is 11. The molecule has 0 saturated heterocycles. The normalized spacial score (nSPS) is 11.7. The lowest BCUT2D eigenvalue weighted by Gasteiger charge is -2.18. The van der Waals surface area contributed by atoms with Crippen molar-refractivity contribution < 1.29 is 0 Å². The van der Waals surface area contributed by atoms with Crippen LogP contribution in [-0.4, -0.2) is 26.2 Å². The van der Waals surface area contributed by atoms with Gasteiger partial charge in [0.25, 0.3) is 0 Å². The van der Waals surface area contributed by atoms with Gasteiger partial charge in [-0.25, -0.2) is 9.99 Å². The molecule has 0 amide bonds. The second-order valence-corrected chi connectivity index (χ2v) is 8.28. The molecule has 2 heterocycles. The predicted octanol–water partition coefficient (Wildman–Crippen LogP) is 7.07. The molecular weight excluding hydrogens is 420 g/mol. The molecule has 34 heavy (non-hydrogen) atoms. The van der Waals surface area contributed by atoms with Gasteiger partial charge in [0.2, 0.25) is 0 Å². The van der Waals surface area contributed by atoms with Crippen LogP contribution in [0.5, 0.6) is 0 Å². The van der Waals surface area contributed by atoms with E-state index in [0.29, 0.717) is 6.54 Å². The third-order valence-electron chi connectivity index (χ3n) is 5.55. The highest BCUT2D eigenvalue weighted by Crippen LogP contribution is 2.29. The van der Waals surface area contributed by atoms with E-state index in [-0.39, 0.29) is 0 Å². The molecule has 3 aromatic rings. The zero-order valence-corrected chi connectivity index (χ0v) is 21.0. The number of hydrogen-bond acceptors (Lipinski definition) is 5. The summed E-state index contributed by atoms with van der Waals surface area (Å²) < 4.78 is 0. The summed E-state index contributed by atoms with van der Waals surface area (Å²) in [6.45, 7) is 15.1. The van der Waals surface area contributed by atoms with Crippen molar-refractivity contribution in [1.29, 1.82) is 0 Å². The highest BCUT2D eigenvalue weighted by molar-refractivity contribution is 5.75. The first-order valence-corrected chi connectivity index (χ1v) is 12.0. The molecule has 0 spiro atoms. The summed E-state index contributed by atoms with van der Waals surface area (Å²) in [5, 5.41) is 9.91. The first kappa shape index (κ1) is 25.0. The molecule has 3 rings (SSSR count). The first-order valence-electron chi connectivity index (χ1n) is 12.0. The maximum Gasteiger partial charge on any atom is 0.126 e. The lowest BCUT2D eigenvalue weighted by atomic mass is 10.1. The number of H-pyrrole nitrogens is 1. The van der Waals surface area contributed by atoms with Crippen molar-refractivity contribution in [1.82, 2.24) is 20.0 Å². The van der Waals surface area contributed by atoms with Crippen molar-refractivity contribution in [2.75, 3.05) is 5.32 Å². The second kappa shape index (κ2) is 12.0. The monoisotopic (exact) mass is 456 g/mol. The number of hydrazone groups is 1. The van der Waals surface area contributed by atoms with Crippen LogP contribution in [0.2, 0.25) is 0 Å². The number of aromatic nitrogens is 3. The third kappa shape index (κ3) is 6.22. The fourth-order valence-electron chi connectivity index (χ4n) is 3.76. The molecule has 178 valence electrons. The summed E-state index contributed by atoms with van der Waals surface area (Å²) in [5.74, 6) is 0.855. The van der Waals surface area contributed by atoms with Crippen molar-refractivity contribution in [2.24, 2.45) is 5.10 Å². The average Bonchev–Trinajstić information content (AvgIpc) is 3.25. The average molecular weight is 457 g/mol. The number of para-hydroxylation sites is 1. The first-order chi connectivity index (χ1) is 16.5. The number of benzene rings is 1. The molecular formula is C28H36N6. The maximum absolute atomic E-state index is 5.02. The number of hydrogen-bond donors (Lipinski definition) is 2. The molecule has 0 bridgehead atoms. The van der Waals surface area contributed by atoms with Crippen LogP contribution < -0.4 is 5.32 Å². The lowest BCUT2D eigenvalue weighted by molar-refractivity contribution is 0.477. The van der Waals surface area contributed by atoms with Crippen molar-refractivity contribution >= 4 is 17.5 Å². The molecule has 0 fully saturated rings. The molecule has 2 N–H and O–H groups in total. The fourth-order valence-corrected chi connectivity index (χ4v) is 3.76. The van der Waals surface area contributed by atoms with E-state index in [0.717, 1.165) is 64.8 Å². The van der Waals surface area contributed by atoms with E-state index in [4.69, 9.17) is 9.97 Å². The van der Waals surface area contributed by atoms with E-state index < -0.39 is 0 Å². The van der Waals surface area contributed by atoms with Gasteiger partial charge in [0.15, 0.2) is 0 Å². The van der Waals surface area contributed by atoms with Gasteiger partial charge in [0.1, 0.15) is 5.82 Å². The van der Waals surface area contributed by atoms with E-state index in [9.17, 15) is 0 Å². The summed E-state index contributed by atoms with van der Waals surface area (Å²) in [4.78, 5) is 13.3. The Bertz CT molecular complexity index is 1170. The summed E-state index contributed by atoms with van der Waals surface area (Å²) >= 11 is 0. The topological polar surface area (TPSA) is 69.2 Å². The fraction of sp³-hybridized carbons (Fsp3) is 0.321. The van der Waals surface area contributed by atoms with Crippen LogP contribution >= 0.6 is 0 Å². The zero-order valence-electron chi connectivity index (χ0n) is 21.0. The van der Waals surface area contributed by atoms with Gasteiger partial charge in [-0.1, -0.05) is 51.1 Å². The van der Waals surface area contributed by atoms with Gasteiger partial charge in [0.05, 0.1) is 23.6 Å². The van der Waals surface area contributed by atoms with Gasteiger partial charge in [-0.15, -0.1) is 0 Å². The molecule has 1 aromatic carbocycles. The second-order valence-electron chi connectivity index (χ2n) is 8.28. The molecule has 0 unspecified atom stereocenters. The third-order valence-corrected chi connectivity index (χ3v) is 5.55. The van der Waals surface area contributed by atoms with E-state index in [1.54, 1.807) is 6.21 Å². The highest BCUT2D eigenvalue weighted by atomic mass is 15.4. The molecule has 0 atom stereocenters. The van der Waals surface area contributed by atoms with Crippen LogP contribution in [0.15, 0.2) is 66.0 Å². The zero-order chi connectivity index (χ0) is 24.5. The number of imidazole rings is 1. The van der Waals surface area contributed by atoms with Crippen LogP contribution in [-0.2, 0) is 6.54 Å². The molecule has 0 aliphatic carbocycles. The van der Waals surface area contributed by atoms with E-state index >= 15 is 0 Å². The van der Waals surface area contributed by atoms with Crippen LogP contribution in [0.4, 0.5) is 5.69 Å². The van der Waals surface area contributed by atoms with Gasteiger partial charge in [-0.3, -0.25) is 4.98 Å². The van der Waals surface area contributed by atoms with Crippen LogP contribution in [0, 0.1) is 13.8 Å². The van der Waals surface area contributed by atoms with Crippen LogP contribution in [0.3, 0.4) is 0 Å². The smallest absolute Gasteiger partial charge is 0.126 e. The van der Waals surface area contributed by atoms with Crippen LogP contribution in [0.1, 0.15) is 62.8 Å². The van der Waals surface area contributed by atoms with Crippen LogP contribution in [0.25, 0.3) is 17.0 Å². The van der Waals surface area contributed by atoms with Crippen molar-refractivity contribution in [2.45, 2.75) is 60.4 Å². The molecule has 6 heteroatoms. The Morgan fingerprint density at radius 1 is 1.12 bits per heavy atom. The summed E-state index contributed by atoms with van der Waals surface area (Å²) in [6, 6.07) is 14.3. The number of aromatic amines is 1. The Balaban J connectivity index is 2.03. The Labute approximate surface area is 203 Å². The SMILES string of the molecule is C=C(CCC)N(/C=C(\CC)c1nc(CNc2ccccc2C)[nH]c1-c1cccc(C)n1)/N=C\C. The Kier molecular flexibility index (Phi) is 8.79. The van der Waals surface area contributed by atoms with Gasteiger partial charge < -0.3 is 10.3 Å². The summed E-state index contributed by atoms with van der Waals surface area (Å²) in [7, 11) is 0. The molecule has 0 radical (unpaired) electrons. The molecule has 0 aliphatic rings. The number of pyridine rings is 1. The number of nitrogens with zero attached hydrogens (tertiary/aromatic N) is 4. The Hall–Kier alpha value is -3.67. The summed E-state index contributed by atoms with van der Waals surface area (Å²) in [5.41, 5.74) is 7.98. The molecule has 2 aromatic heterocycles. The lowest BCUT2D eigenvalue weighted by Crippen LogP contribution is -2.10. The number of anilines is 1. The quantitative estimate of drug-likeness (QED) is 0.239. The Morgan fingerprint density at radius 3 is 2.59 bits per heavy atom. The standard InChI is InChI=1S/C28H36N6/c1-7-13-22(6)34(30-9-3)19-23(8-2)27-28(25-17-12-15-21(5)31-25)33-26(32-27)18-29-24-16-11-10-14-20(24)4/h9-12,14-17,19,29H,6-8,13,18H2,1-5H3,(H,32,33)/b23-19+,30-9-. The number of nitrogens with one attached hydrogen (secondary N) is 2. The van der Waals surface area contributed by atoms with E-state index in [1.807, 2.05) is 55.4 Å². The molecule has 0 aliphatic heterocycles. The van der Waals surface area contributed by atoms with Crippen molar-refractivity contribution in [3.63, 3.8) is 0 Å². The molecule has 0 saturated carbocycles. The van der Waals surface area contributed by atoms with Gasteiger partial charge in [0, 0.05) is 29.5 Å². The van der Waals surface area contributed by atoms with E-state index in [2.05, 4.69) is 54.9 Å². The van der Waals surface area contributed by atoms with Crippen molar-refractivity contribution in [3.05, 3.63) is 83.7 Å². The van der Waals surface area contributed by atoms with Gasteiger partial charge >= 0.3 is 0 Å². The summed E-state index contributed by atoms with van der Waals surface area (Å²) in [6.07, 6.45) is 6.52. The minimum absolute atomic E-state index is 0.583. The van der Waals surface area contributed by atoms with Gasteiger partial charge in [-0.2, -0.15) is 5.10 Å². The highest BCUT2D eigenvalue weighted by Gasteiger charge is 2.18. The minimum atomic E-state index is 0.583. The minimum Gasteiger partial charge on any atom is -0.378 e. The predicted molar refractivity (Wildman–Crippen MR) is 143 cm³/mol. The largest absolute Gasteiger partial charge is 0.378 e. The Morgan fingerprint density at radius 2 is 1.91 bits per heavy atom. The molecule has 6 nitrogen and oxygen atoms in total. The maximum atomic E-state index is 5.02. The number of allylic oxidation sites excluding steroid dienone is 2.